The zero-order valence-electron chi connectivity index (χ0n) is 10.8. The Hall–Kier alpha value is -1.64. The van der Waals surface area contributed by atoms with Crippen LogP contribution < -0.4 is 5.32 Å². The van der Waals surface area contributed by atoms with Crippen LogP contribution in [0.2, 0.25) is 0 Å². The van der Waals surface area contributed by atoms with Gasteiger partial charge in [0.1, 0.15) is 5.82 Å². The minimum absolute atomic E-state index is 0.0668. The molecule has 0 unspecified atom stereocenters. The summed E-state index contributed by atoms with van der Waals surface area (Å²) in [6.07, 6.45) is -4.48. The highest BCUT2D eigenvalue weighted by Gasteiger charge is 2.30. The zero-order valence-corrected chi connectivity index (χ0v) is 13.0. The lowest BCUT2D eigenvalue weighted by molar-refractivity contribution is -0.137. The number of amides is 1. The fraction of sp³-hybridized carbons (Fsp3) is 0.143. The standard InChI is InChI=1S/C14H10F3IN2O/c1-8-11(18)5-6-12(19-8)20-13(21)9-3-2-4-10(7-9)14(15,16)17/h2-7H,1H3,(H,19,20,21). The Morgan fingerprint density at radius 3 is 2.57 bits per heavy atom. The number of hydrogen-bond donors (Lipinski definition) is 1. The fourth-order valence-corrected chi connectivity index (χ4v) is 1.94. The van der Waals surface area contributed by atoms with Crippen molar-refractivity contribution >= 4 is 34.3 Å². The van der Waals surface area contributed by atoms with Crippen LogP contribution in [0.5, 0.6) is 0 Å². The third-order valence-corrected chi connectivity index (χ3v) is 3.86. The highest BCUT2D eigenvalue weighted by molar-refractivity contribution is 14.1. The number of carbonyl (C=O) groups is 1. The van der Waals surface area contributed by atoms with E-state index in [1.54, 1.807) is 19.1 Å². The molecule has 21 heavy (non-hydrogen) atoms. The summed E-state index contributed by atoms with van der Waals surface area (Å²) in [5, 5.41) is 2.48. The predicted molar refractivity (Wildman–Crippen MR) is 81.1 cm³/mol. The van der Waals surface area contributed by atoms with Crippen molar-refractivity contribution in [1.82, 2.24) is 4.98 Å². The van der Waals surface area contributed by atoms with Gasteiger partial charge in [0.05, 0.1) is 11.3 Å². The average molecular weight is 406 g/mol. The van der Waals surface area contributed by atoms with E-state index in [0.717, 1.165) is 21.4 Å². The fourth-order valence-electron chi connectivity index (χ4n) is 1.64. The van der Waals surface area contributed by atoms with E-state index >= 15 is 0 Å². The van der Waals surface area contributed by atoms with E-state index in [1.807, 2.05) is 0 Å². The van der Waals surface area contributed by atoms with Gasteiger partial charge in [-0.3, -0.25) is 4.79 Å². The lowest BCUT2D eigenvalue weighted by atomic mass is 10.1. The lowest BCUT2D eigenvalue weighted by Gasteiger charge is -2.09. The molecule has 7 heteroatoms. The predicted octanol–water partition coefficient (Wildman–Crippen LogP) is 4.27. The molecule has 110 valence electrons. The highest BCUT2D eigenvalue weighted by atomic mass is 127. The Bertz CT molecular complexity index is 686. The van der Waals surface area contributed by atoms with Crippen molar-refractivity contribution in [1.29, 1.82) is 0 Å². The van der Waals surface area contributed by atoms with Gasteiger partial charge in [-0.25, -0.2) is 4.98 Å². The summed E-state index contributed by atoms with van der Waals surface area (Å²) in [6.45, 7) is 1.78. The first kappa shape index (κ1) is 15.7. The molecule has 0 fully saturated rings. The van der Waals surface area contributed by atoms with E-state index < -0.39 is 17.6 Å². The molecule has 0 spiro atoms. The SMILES string of the molecule is Cc1nc(NC(=O)c2cccc(C(F)(F)F)c2)ccc1I. The Morgan fingerprint density at radius 2 is 1.95 bits per heavy atom. The van der Waals surface area contributed by atoms with Gasteiger partial charge < -0.3 is 5.32 Å². The number of anilines is 1. The van der Waals surface area contributed by atoms with Crippen LogP contribution in [0.4, 0.5) is 19.0 Å². The van der Waals surface area contributed by atoms with E-state index in [-0.39, 0.29) is 5.56 Å². The van der Waals surface area contributed by atoms with Gasteiger partial charge in [-0.15, -0.1) is 0 Å². The second-order valence-corrected chi connectivity index (χ2v) is 5.46. The number of carbonyl (C=O) groups excluding carboxylic acids is 1. The second kappa shape index (κ2) is 6.00. The first-order valence-electron chi connectivity index (χ1n) is 5.89. The molecule has 1 amide bonds. The van der Waals surface area contributed by atoms with E-state index in [9.17, 15) is 18.0 Å². The molecule has 0 bridgehead atoms. The van der Waals surface area contributed by atoms with Crippen molar-refractivity contribution < 1.29 is 18.0 Å². The number of halogens is 4. The second-order valence-electron chi connectivity index (χ2n) is 4.30. The number of aromatic nitrogens is 1. The first-order chi connectivity index (χ1) is 9.77. The van der Waals surface area contributed by atoms with Crippen LogP contribution in [0.1, 0.15) is 21.6 Å². The molecule has 1 N–H and O–H groups in total. The van der Waals surface area contributed by atoms with Crippen molar-refractivity contribution in [2.45, 2.75) is 13.1 Å². The Labute approximate surface area is 132 Å². The van der Waals surface area contributed by atoms with Crippen molar-refractivity contribution in [2.24, 2.45) is 0 Å². The van der Waals surface area contributed by atoms with E-state index in [2.05, 4.69) is 32.9 Å². The molecule has 0 saturated heterocycles. The molecule has 2 rings (SSSR count). The monoisotopic (exact) mass is 406 g/mol. The normalized spacial score (nSPS) is 11.3. The first-order valence-corrected chi connectivity index (χ1v) is 6.97. The summed E-state index contributed by atoms with van der Waals surface area (Å²) < 4.78 is 38.8. The number of nitrogens with zero attached hydrogens (tertiary/aromatic N) is 1. The molecule has 0 atom stereocenters. The van der Waals surface area contributed by atoms with Crippen LogP contribution in [0, 0.1) is 10.5 Å². The van der Waals surface area contributed by atoms with Crippen LogP contribution in [-0.4, -0.2) is 10.9 Å². The molecular weight excluding hydrogens is 396 g/mol. The number of nitrogens with one attached hydrogen (secondary N) is 1. The van der Waals surface area contributed by atoms with Crippen LogP contribution in [-0.2, 0) is 6.18 Å². The third kappa shape index (κ3) is 3.93. The summed E-state index contributed by atoms with van der Waals surface area (Å²) in [5.41, 5.74) is -0.192. The molecule has 0 aliphatic carbocycles. The third-order valence-electron chi connectivity index (χ3n) is 2.72. The summed E-state index contributed by atoms with van der Waals surface area (Å²) in [5.74, 6) is -0.329. The van der Waals surface area contributed by atoms with Gasteiger partial charge >= 0.3 is 6.18 Å². The smallest absolute Gasteiger partial charge is 0.307 e. The van der Waals surface area contributed by atoms with Crippen molar-refractivity contribution in [3.05, 3.63) is 56.8 Å². The molecule has 3 nitrogen and oxygen atoms in total. The van der Waals surface area contributed by atoms with Gasteiger partial charge in [-0.1, -0.05) is 6.07 Å². The Morgan fingerprint density at radius 1 is 1.24 bits per heavy atom. The summed E-state index contributed by atoms with van der Waals surface area (Å²) >= 11 is 2.10. The average Bonchev–Trinajstić information content (AvgIpc) is 2.42. The van der Waals surface area contributed by atoms with Gasteiger partial charge in [-0.2, -0.15) is 13.2 Å². The lowest BCUT2D eigenvalue weighted by Crippen LogP contribution is -2.15. The molecule has 2 aromatic rings. The largest absolute Gasteiger partial charge is 0.416 e. The highest BCUT2D eigenvalue weighted by Crippen LogP contribution is 2.29. The van der Waals surface area contributed by atoms with Crippen molar-refractivity contribution in [2.75, 3.05) is 5.32 Å². The minimum Gasteiger partial charge on any atom is -0.307 e. The molecule has 0 radical (unpaired) electrons. The van der Waals surface area contributed by atoms with Crippen LogP contribution >= 0.6 is 22.6 Å². The maximum atomic E-state index is 12.6. The van der Waals surface area contributed by atoms with Gasteiger partial charge in [0.25, 0.3) is 5.91 Å². The van der Waals surface area contributed by atoms with Crippen LogP contribution in [0.3, 0.4) is 0 Å². The van der Waals surface area contributed by atoms with Crippen LogP contribution in [0.15, 0.2) is 36.4 Å². The van der Waals surface area contributed by atoms with Crippen molar-refractivity contribution in [3.63, 3.8) is 0 Å². The van der Waals surface area contributed by atoms with E-state index in [0.29, 0.717) is 5.82 Å². The molecule has 1 aromatic carbocycles. The Balaban J connectivity index is 2.22. The Kier molecular flexibility index (Phi) is 4.50. The van der Waals surface area contributed by atoms with Gasteiger partial charge in [0, 0.05) is 9.13 Å². The minimum atomic E-state index is -4.48. The summed E-state index contributed by atoms with van der Waals surface area (Å²) in [6, 6.07) is 7.62. The molecule has 0 saturated carbocycles. The van der Waals surface area contributed by atoms with Crippen LogP contribution in [0.25, 0.3) is 0 Å². The molecule has 0 aliphatic heterocycles. The summed E-state index contributed by atoms with van der Waals surface area (Å²) in [4.78, 5) is 16.1. The maximum Gasteiger partial charge on any atom is 0.416 e. The van der Waals surface area contributed by atoms with E-state index in [1.165, 1.54) is 12.1 Å². The number of rotatable bonds is 2. The summed E-state index contributed by atoms with van der Waals surface area (Å²) in [7, 11) is 0. The quantitative estimate of drug-likeness (QED) is 0.758. The number of aryl methyl sites for hydroxylation is 1. The number of pyridine rings is 1. The number of hydrogen-bond acceptors (Lipinski definition) is 2. The molecular formula is C14H10F3IN2O. The molecule has 0 aliphatic rings. The maximum absolute atomic E-state index is 12.6. The molecule has 1 aromatic heterocycles. The van der Waals surface area contributed by atoms with Gasteiger partial charge in [0.2, 0.25) is 0 Å². The zero-order chi connectivity index (χ0) is 15.6. The van der Waals surface area contributed by atoms with E-state index in [4.69, 9.17) is 0 Å². The molecule has 1 heterocycles. The number of benzene rings is 1. The number of alkyl halides is 3. The van der Waals surface area contributed by atoms with Gasteiger partial charge in [-0.05, 0) is 59.8 Å². The van der Waals surface area contributed by atoms with Gasteiger partial charge in [0.15, 0.2) is 0 Å². The topological polar surface area (TPSA) is 42.0 Å². The van der Waals surface area contributed by atoms with Crippen molar-refractivity contribution in [3.8, 4) is 0 Å².